The molecular formula is C17H18O4. The zero-order valence-corrected chi connectivity index (χ0v) is 12.1. The highest BCUT2D eigenvalue weighted by atomic mass is 16.5. The van der Waals surface area contributed by atoms with Crippen molar-refractivity contribution >= 4 is 11.9 Å². The Kier molecular flexibility index (Phi) is 3.32. The minimum Gasteiger partial charge on any atom is -0.465 e. The maximum atomic E-state index is 12.2. The highest BCUT2D eigenvalue weighted by Crippen LogP contribution is 2.52. The number of fused-ring (bicyclic) bond motifs is 1. The van der Waals surface area contributed by atoms with Gasteiger partial charge in [0.05, 0.1) is 24.7 Å². The number of hydrogen-bond donors (Lipinski definition) is 0. The Balaban J connectivity index is 1.84. The summed E-state index contributed by atoms with van der Waals surface area (Å²) in [5.41, 5.74) is 2.22. The van der Waals surface area contributed by atoms with Crippen molar-refractivity contribution in [3.63, 3.8) is 0 Å². The molecular weight excluding hydrogens is 268 g/mol. The summed E-state index contributed by atoms with van der Waals surface area (Å²) in [6, 6.07) is 7.23. The van der Waals surface area contributed by atoms with Gasteiger partial charge in [0.1, 0.15) is 0 Å². The molecule has 2 fully saturated rings. The predicted molar refractivity (Wildman–Crippen MR) is 76.7 cm³/mol. The number of ether oxygens (including phenoxy) is 2. The number of benzene rings is 1. The summed E-state index contributed by atoms with van der Waals surface area (Å²) in [4.78, 5) is 23.6. The molecule has 1 aromatic carbocycles. The molecule has 1 saturated carbocycles. The van der Waals surface area contributed by atoms with Crippen molar-refractivity contribution < 1.29 is 19.1 Å². The lowest BCUT2D eigenvalue weighted by molar-refractivity contribution is -0.146. The van der Waals surface area contributed by atoms with Crippen LogP contribution in [0.3, 0.4) is 0 Å². The lowest BCUT2D eigenvalue weighted by atomic mass is 9.75. The van der Waals surface area contributed by atoms with Gasteiger partial charge >= 0.3 is 11.9 Å². The van der Waals surface area contributed by atoms with E-state index in [4.69, 9.17) is 4.74 Å². The van der Waals surface area contributed by atoms with E-state index in [2.05, 4.69) is 11.3 Å². The fourth-order valence-corrected chi connectivity index (χ4v) is 3.50. The summed E-state index contributed by atoms with van der Waals surface area (Å²) in [5.74, 6) is -0.229. The van der Waals surface area contributed by atoms with E-state index in [9.17, 15) is 9.59 Å². The first-order chi connectivity index (χ1) is 10.0. The molecule has 1 aliphatic heterocycles. The number of rotatable bonds is 3. The van der Waals surface area contributed by atoms with Crippen molar-refractivity contribution in [2.75, 3.05) is 13.7 Å². The molecule has 21 heavy (non-hydrogen) atoms. The zero-order valence-electron chi connectivity index (χ0n) is 12.1. The van der Waals surface area contributed by atoms with Gasteiger partial charge in [0.2, 0.25) is 0 Å². The number of carbonyl (C=O) groups is 2. The van der Waals surface area contributed by atoms with Crippen molar-refractivity contribution in [1.29, 1.82) is 0 Å². The Labute approximate surface area is 123 Å². The normalized spacial score (nSPS) is 27.4. The minimum atomic E-state index is -0.454. The van der Waals surface area contributed by atoms with Crippen LogP contribution in [-0.2, 0) is 20.7 Å². The second-order valence-corrected chi connectivity index (χ2v) is 5.95. The number of cyclic esters (lactones) is 1. The van der Waals surface area contributed by atoms with E-state index >= 15 is 0 Å². The third-order valence-electron chi connectivity index (χ3n) is 4.60. The molecule has 1 saturated heterocycles. The van der Waals surface area contributed by atoms with Crippen LogP contribution in [0, 0.1) is 11.3 Å². The Bertz CT molecular complexity index is 602. The summed E-state index contributed by atoms with van der Waals surface area (Å²) < 4.78 is 9.95. The van der Waals surface area contributed by atoms with Crippen LogP contribution in [0.25, 0.3) is 0 Å². The lowest BCUT2D eigenvalue weighted by Crippen LogP contribution is -2.31. The molecule has 0 N–H and O–H groups in total. The van der Waals surface area contributed by atoms with Crippen LogP contribution in [0.1, 0.15) is 28.8 Å². The third kappa shape index (κ3) is 2.24. The van der Waals surface area contributed by atoms with Crippen LogP contribution in [0.4, 0.5) is 0 Å². The van der Waals surface area contributed by atoms with Gasteiger partial charge in [-0.3, -0.25) is 4.79 Å². The molecule has 1 aromatic rings. The van der Waals surface area contributed by atoms with Crippen LogP contribution in [0.15, 0.2) is 36.4 Å². The Morgan fingerprint density at radius 2 is 2.14 bits per heavy atom. The average molecular weight is 286 g/mol. The standard InChI is InChI=1S/C17H18O4/c1-11-7-14-10-21-16(19)17(14,8-11)9-12-3-5-13(6-4-12)15(18)20-2/h3-6,14H,1,7-10H2,2H3/t14-,17+/m1/s1. The fourth-order valence-electron chi connectivity index (χ4n) is 3.50. The van der Waals surface area contributed by atoms with Crippen molar-refractivity contribution in [3.8, 4) is 0 Å². The summed E-state index contributed by atoms with van der Waals surface area (Å²) in [7, 11) is 1.36. The zero-order chi connectivity index (χ0) is 15.0. The topological polar surface area (TPSA) is 52.6 Å². The van der Waals surface area contributed by atoms with Crippen LogP contribution in [0.5, 0.6) is 0 Å². The van der Waals surface area contributed by atoms with Crippen LogP contribution < -0.4 is 0 Å². The maximum Gasteiger partial charge on any atom is 0.337 e. The summed E-state index contributed by atoms with van der Waals surface area (Å²) in [6.45, 7) is 4.54. The molecule has 2 atom stereocenters. The molecule has 0 aromatic heterocycles. The van der Waals surface area contributed by atoms with Crippen molar-refractivity contribution in [1.82, 2.24) is 0 Å². The minimum absolute atomic E-state index is 0.108. The van der Waals surface area contributed by atoms with Gasteiger partial charge in [0.15, 0.2) is 0 Å². The Hall–Kier alpha value is -2.10. The van der Waals surface area contributed by atoms with E-state index < -0.39 is 5.41 Å². The van der Waals surface area contributed by atoms with E-state index in [1.165, 1.54) is 7.11 Å². The first-order valence-corrected chi connectivity index (χ1v) is 7.06. The molecule has 1 aliphatic carbocycles. The smallest absolute Gasteiger partial charge is 0.337 e. The number of esters is 2. The quantitative estimate of drug-likeness (QED) is 0.633. The molecule has 0 bridgehead atoms. The van der Waals surface area contributed by atoms with E-state index in [0.717, 1.165) is 17.6 Å². The van der Waals surface area contributed by atoms with Gasteiger partial charge in [-0.15, -0.1) is 0 Å². The van der Waals surface area contributed by atoms with E-state index in [-0.39, 0.29) is 17.9 Å². The van der Waals surface area contributed by atoms with Gasteiger partial charge in [-0.1, -0.05) is 24.3 Å². The van der Waals surface area contributed by atoms with Gasteiger partial charge in [-0.2, -0.15) is 0 Å². The van der Waals surface area contributed by atoms with Gasteiger partial charge < -0.3 is 9.47 Å². The number of allylic oxidation sites excluding steroid dienone is 1. The maximum absolute atomic E-state index is 12.2. The summed E-state index contributed by atoms with van der Waals surface area (Å²) >= 11 is 0. The van der Waals surface area contributed by atoms with E-state index in [1.54, 1.807) is 12.1 Å². The second kappa shape index (κ2) is 5.02. The molecule has 1 heterocycles. The van der Waals surface area contributed by atoms with Gasteiger partial charge in [0, 0.05) is 5.92 Å². The number of carbonyl (C=O) groups excluding carboxylic acids is 2. The fraction of sp³-hybridized carbons (Fsp3) is 0.412. The Morgan fingerprint density at radius 3 is 2.81 bits per heavy atom. The molecule has 4 nitrogen and oxygen atoms in total. The van der Waals surface area contributed by atoms with Gasteiger partial charge in [0.25, 0.3) is 0 Å². The highest BCUT2D eigenvalue weighted by Gasteiger charge is 2.55. The molecule has 0 unspecified atom stereocenters. The van der Waals surface area contributed by atoms with Crippen molar-refractivity contribution in [3.05, 3.63) is 47.5 Å². The largest absolute Gasteiger partial charge is 0.465 e. The first kappa shape index (κ1) is 13.9. The lowest BCUT2D eigenvalue weighted by Gasteiger charge is -2.24. The van der Waals surface area contributed by atoms with Gasteiger partial charge in [-0.05, 0) is 37.0 Å². The number of methoxy groups -OCH3 is 1. The SMILES string of the molecule is C=C1C[C@@H]2COC(=O)[C@]2(Cc2ccc(C(=O)OC)cc2)C1. The predicted octanol–water partition coefficient (Wildman–Crippen LogP) is 2.53. The third-order valence-corrected chi connectivity index (χ3v) is 4.60. The molecule has 3 rings (SSSR count). The molecule has 0 radical (unpaired) electrons. The van der Waals surface area contributed by atoms with Crippen molar-refractivity contribution in [2.45, 2.75) is 19.3 Å². The summed E-state index contributed by atoms with van der Waals surface area (Å²) in [5, 5.41) is 0. The van der Waals surface area contributed by atoms with Crippen LogP contribution >= 0.6 is 0 Å². The van der Waals surface area contributed by atoms with Crippen LogP contribution in [-0.4, -0.2) is 25.7 Å². The molecule has 2 aliphatic rings. The average Bonchev–Trinajstić information content (AvgIpc) is 2.94. The molecule has 110 valence electrons. The Morgan fingerprint density at radius 1 is 1.43 bits per heavy atom. The summed E-state index contributed by atoms with van der Waals surface area (Å²) in [6.07, 6.45) is 2.21. The number of hydrogen-bond acceptors (Lipinski definition) is 4. The van der Waals surface area contributed by atoms with E-state index in [1.807, 2.05) is 12.1 Å². The second-order valence-electron chi connectivity index (χ2n) is 5.95. The van der Waals surface area contributed by atoms with Gasteiger partial charge in [-0.25, -0.2) is 4.79 Å². The molecule has 0 amide bonds. The monoisotopic (exact) mass is 286 g/mol. The van der Waals surface area contributed by atoms with E-state index in [0.29, 0.717) is 25.0 Å². The highest BCUT2D eigenvalue weighted by molar-refractivity contribution is 5.89. The molecule has 0 spiro atoms. The first-order valence-electron chi connectivity index (χ1n) is 7.06. The molecule has 4 heteroatoms. The van der Waals surface area contributed by atoms with Crippen molar-refractivity contribution in [2.24, 2.45) is 11.3 Å². The van der Waals surface area contributed by atoms with Crippen LogP contribution in [0.2, 0.25) is 0 Å².